The zero-order chi connectivity index (χ0) is 13.4. The van der Waals surface area contributed by atoms with Crippen LogP contribution in [0.25, 0.3) is 11.0 Å². The molecule has 0 amide bonds. The maximum Gasteiger partial charge on any atom is 0.142 e. The van der Waals surface area contributed by atoms with E-state index in [1.807, 2.05) is 6.07 Å². The van der Waals surface area contributed by atoms with E-state index < -0.39 is 23.3 Å². The SMILES string of the molecule is OC(c1cc2ccccc2o1)c1c(F)cccc1F. The minimum Gasteiger partial charge on any atom is -0.458 e. The van der Waals surface area contributed by atoms with Gasteiger partial charge in [0.2, 0.25) is 0 Å². The Hall–Kier alpha value is -2.20. The van der Waals surface area contributed by atoms with Crippen molar-refractivity contribution in [2.45, 2.75) is 6.10 Å². The largest absolute Gasteiger partial charge is 0.458 e. The van der Waals surface area contributed by atoms with Crippen LogP contribution < -0.4 is 0 Å². The second kappa shape index (κ2) is 4.48. The van der Waals surface area contributed by atoms with Gasteiger partial charge in [0.15, 0.2) is 0 Å². The Morgan fingerprint density at radius 3 is 2.32 bits per heavy atom. The molecule has 3 aromatic rings. The van der Waals surface area contributed by atoms with Gasteiger partial charge in [-0.15, -0.1) is 0 Å². The van der Waals surface area contributed by atoms with Gasteiger partial charge in [0, 0.05) is 5.39 Å². The average Bonchev–Trinajstić information content (AvgIpc) is 2.82. The first-order valence-corrected chi connectivity index (χ1v) is 5.77. The fourth-order valence-corrected chi connectivity index (χ4v) is 2.05. The summed E-state index contributed by atoms with van der Waals surface area (Å²) in [5, 5.41) is 10.9. The molecule has 1 heterocycles. The van der Waals surface area contributed by atoms with Gasteiger partial charge in [-0.2, -0.15) is 0 Å². The molecule has 1 aromatic heterocycles. The summed E-state index contributed by atoms with van der Waals surface area (Å²) in [6.45, 7) is 0. The minimum atomic E-state index is -1.46. The molecule has 1 unspecified atom stereocenters. The standard InChI is InChI=1S/C15H10F2O2/c16-10-5-3-6-11(17)14(10)15(18)13-8-9-4-1-2-7-12(9)19-13/h1-8,15,18H. The van der Waals surface area contributed by atoms with E-state index in [0.717, 1.165) is 17.5 Å². The van der Waals surface area contributed by atoms with Crippen LogP contribution in [0.2, 0.25) is 0 Å². The number of rotatable bonds is 2. The molecule has 1 atom stereocenters. The van der Waals surface area contributed by atoms with Gasteiger partial charge < -0.3 is 9.52 Å². The third-order valence-electron chi connectivity index (χ3n) is 2.99. The molecule has 0 spiro atoms. The number of para-hydroxylation sites is 1. The van der Waals surface area contributed by atoms with Crippen LogP contribution in [0.1, 0.15) is 17.4 Å². The number of furan rings is 1. The molecule has 1 N–H and O–H groups in total. The number of hydrogen-bond acceptors (Lipinski definition) is 2. The summed E-state index contributed by atoms with van der Waals surface area (Å²) < 4.78 is 32.6. The lowest BCUT2D eigenvalue weighted by molar-refractivity contribution is 0.182. The normalized spacial score (nSPS) is 12.8. The van der Waals surface area contributed by atoms with Crippen LogP contribution in [-0.2, 0) is 0 Å². The van der Waals surface area contributed by atoms with E-state index in [1.165, 1.54) is 6.07 Å². The lowest BCUT2D eigenvalue weighted by Gasteiger charge is -2.09. The molecule has 0 aliphatic carbocycles. The van der Waals surface area contributed by atoms with Crippen molar-refractivity contribution >= 4 is 11.0 Å². The van der Waals surface area contributed by atoms with Crippen LogP contribution >= 0.6 is 0 Å². The van der Waals surface area contributed by atoms with Gasteiger partial charge in [-0.1, -0.05) is 24.3 Å². The van der Waals surface area contributed by atoms with Gasteiger partial charge in [-0.25, -0.2) is 8.78 Å². The molecule has 2 nitrogen and oxygen atoms in total. The molecule has 0 aliphatic heterocycles. The summed E-state index contributed by atoms with van der Waals surface area (Å²) >= 11 is 0. The van der Waals surface area contributed by atoms with Crippen molar-refractivity contribution in [2.24, 2.45) is 0 Å². The Morgan fingerprint density at radius 2 is 1.63 bits per heavy atom. The van der Waals surface area contributed by atoms with Gasteiger partial charge in [0.1, 0.15) is 29.1 Å². The second-order valence-electron chi connectivity index (χ2n) is 4.22. The Balaban J connectivity index is 2.10. The number of aliphatic hydroxyl groups excluding tert-OH is 1. The van der Waals surface area contributed by atoms with Gasteiger partial charge in [-0.05, 0) is 24.3 Å². The molecule has 0 fully saturated rings. The highest BCUT2D eigenvalue weighted by molar-refractivity contribution is 5.77. The Bertz CT molecular complexity index is 681. The zero-order valence-corrected chi connectivity index (χ0v) is 9.81. The van der Waals surface area contributed by atoms with Crippen molar-refractivity contribution in [1.29, 1.82) is 0 Å². The van der Waals surface area contributed by atoms with Crippen LogP contribution in [0.4, 0.5) is 8.78 Å². The third-order valence-corrected chi connectivity index (χ3v) is 2.99. The number of hydrogen-bond donors (Lipinski definition) is 1. The van der Waals surface area contributed by atoms with Crippen molar-refractivity contribution in [2.75, 3.05) is 0 Å². The smallest absolute Gasteiger partial charge is 0.142 e. The highest BCUT2D eigenvalue weighted by atomic mass is 19.1. The van der Waals surface area contributed by atoms with E-state index in [1.54, 1.807) is 24.3 Å². The monoisotopic (exact) mass is 260 g/mol. The van der Waals surface area contributed by atoms with E-state index in [-0.39, 0.29) is 5.76 Å². The van der Waals surface area contributed by atoms with E-state index in [9.17, 15) is 13.9 Å². The molecular formula is C15H10F2O2. The molecule has 0 saturated carbocycles. The van der Waals surface area contributed by atoms with Crippen molar-refractivity contribution in [3.8, 4) is 0 Å². The second-order valence-corrected chi connectivity index (χ2v) is 4.22. The Morgan fingerprint density at radius 1 is 0.947 bits per heavy atom. The van der Waals surface area contributed by atoms with Crippen molar-refractivity contribution < 1.29 is 18.3 Å². The number of fused-ring (bicyclic) bond motifs is 1. The van der Waals surface area contributed by atoms with Crippen LogP contribution in [0.3, 0.4) is 0 Å². The Labute approximate surface area is 107 Å². The number of benzene rings is 2. The lowest BCUT2D eigenvalue weighted by atomic mass is 10.1. The third kappa shape index (κ3) is 2.00. The predicted molar refractivity (Wildman–Crippen MR) is 66.6 cm³/mol. The van der Waals surface area contributed by atoms with Crippen LogP contribution in [0.15, 0.2) is 52.9 Å². The first-order valence-electron chi connectivity index (χ1n) is 5.77. The van der Waals surface area contributed by atoms with E-state index in [2.05, 4.69) is 0 Å². The van der Waals surface area contributed by atoms with Gasteiger partial charge in [0.25, 0.3) is 0 Å². The van der Waals surface area contributed by atoms with E-state index in [0.29, 0.717) is 5.58 Å². The molecule has 3 rings (SSSR count). The molecular weight excluding hydrogens is 250 g/mol. The minimum absolute atomic E-state index is 0.116. The summed E-state index contributed by atoms with van der Waals surface area (Å²) in [7, 11) is 0. The van der Waals surface area contributed by atoms with Crippen molar-refractivity contribution in [3.05, 3.63) is 71.5 Å². The van der Waals surface area contributed by atoms with Crippen LogP contribution in [0, 0.1) is 11.6 Å². The van der Waals surface area contributed by atoms with Gasteiger partial charge in [0.05, 0.1) is 5.56 Å². The predicted octanol–water partition coefficient (Wildman–Crippen LogP) is 3.79. The number of halogens is 2. The fourth-order valence-electron chi connectivity index (χ4n) is 2.05. The van der Waals surface area contributed by atoms with E-state index >= 15 is 0 Å². The highest BCUT2D eigenvalue weighted by Gasteiger charge is 2.22. The van der Waals surface area contributed by atoms with E-state index in [4.69, 9.17) is 4.42 Å². The quantitative estimate of drug-likeness (QED) is 0.760. The molecule has 4 heteroatoms. The Kier molecular flexibility index (Phi) is 2.80. The van der Waals surface area contributed by atoms with Crippen LogP contribution in [-0.4, -0.2) is 5.11 Å². The molecule has 0 saturated heterocycles. The maximum absolute atomic E-state index is 13.6. The summed E-state index contributed by atoms with van der Waals surface area (Å²) in [4.78, 5) is 0. The average molecular weight is 260 g/mol. The molecule has 0 aliphatic rings. The molecule has 96 valence electrons. The molecule has 19 heavy (non-hydrogen) atoms. The van der Waals surface area contributed by atoms with Crippen molar-refractivity contribution in [1.82, 2.24) is 0 Å². The molecule has 2 aromatic carbocycles. The summed E-state index contributed by atoms with van der Waals surface area (Å²) in [5.74, 6) is -1.48. The number of aliphatic hydroxyl groups is 1. The summed E-state index contributed by atoms with van der Waals surface area (Å²) in [6.07, 6.45) is -1.46. The van der Waals surface area contributed by atoms with Crippen molar-refractivity contribution in [3.63, 3.8) is 0 Å². The first kappa shape index (κ1) is 11.9. The summed E-state index contributed by atoms with van der Waals surface area (Å²) in [5.41, 5.74) is 0.162. The first-order chi connectivity index (χ1) is 9.16. The lowest BCUT2D eigenvalue weighted by Crippen LogP contribution is -2.04. The van der Waals surface area contributed by atoms with Crippen LogP contribution in [0.5, 0.6) is 0 Å². The highest BCUT2D eigenvalue weighted by Crippen LogP contribution is 2.30. The van der Waals surface area contributed by atoms with Gasteiger partial charge >= 0.3 is 0 Å². The zero-order valence-electron chi connectivity index (χ0n) is 9.81. The molecule has 0 bridgehead atoms. The van der Waals surface area contributed by atoms with Gasteiger partial charge in [-0.3, -0.25) is 0 Å². The fraction of sp³-hybridized carbons (Fsp3) is 0.0667. The summed E-state index contributed by atoms with van der Waals surface area (Å²) in [6, 6.07) is 12.2. The molecule has 0 radical (unpaired) electrons. The maximum atomic E-state index is 13.6. The topological polar surface area (TPSA) is 33.4 Å².